The van der Waals surface area contributed by atoms with Crippen LogP contribution in [0, 0.1) is 6.92 Å². The number of carbonyl (C=O) groups is 2. The SMILES string of the molecule is COC(=O)C(Cc1cnc[nH]1)NC(=O)c1sc(Br)c(Br)c1C. The number of H-pyrrole nitrogens is 1. The summed E-state index contributed by atoms with van der Waals surface area (Å²) in [5.74, 6) is -0.820. The molecule has 1 unspecified atom stereocenters. The Kier molecular flexibility index (Phi) is 5.76. The highest BCUT2D eigenvalue weighted by Crippen LogP contribution is 2.36. The number of aromatic nitrogens is 2. The van der Waals surface area contributed by atoms with Crippen molar-refractivity contribution < 1.29 is 14.3 Å². The number of hydrogen-bond donors (Lipinski definition) is 2. The van der Waals surface area contributed by atoms with E-state index < -0.39 is 12.0 Å². The highest BCUT2D eigenvalue weighted by atomic mass is 79.9. The molecule has 0 aliphatic carbocycles. The molecule has 1 amide bonds. The highest BCUT2D eigenvalue weighted by Gasteiger charge is 2.25. The van der Waals surface area contributed by atoms with Gasteiger partial charge in [-0.05, 0) is 44.3 Å². The zero-order chi connectivity index (χ0) is 16.3. The molecule has 1 atom stereocenters. The summed E-state index contributed by atoms with van der Waals surface area (Å²) < 4.78 is 6.42. The van der Waals surface area contributed by atoms with Crippen LogP contribution in [0.5, 0.6) is 0 Å². The minimum Gasteiger partial charge on any atom is -0.467 e. The molecular formula is C13H13Br2N3O3S. The number of halogens is 2. The predicted octanol–water partition coefficient (Wildman–Crippen LogP) is 2.82. The minimum atomic E-state index is -0.781. The zero-order valence-electron chi connectivity index (χ0n) is 11.8. The number of nitrogens with one attached hydrogen (secondary N) is 2. The summed E-state index contributed by atoms with van der Waals surface area (Å²) in [6, 6.07) is -0.781. The van der Waals surface area contributed by atoms with Crippen LogP contribution in [0.4, 0.5) is 0 Å². The van der Waals surface area contributed by atoms with E-state index in [4.69, 9.17) is 4.74 Å². The molecule has 0 aliphatic heterocycles. The first-order valence-corrected chi connectivity index (χ1v) is 8.64. The van der Waals surface area contributed by atoms with Crippen molar-refractivity contribution in [3.63, 3.8) is 0 Å². The van der Waals surface area contributed by atoms with Gasteiger partial charge in [0.2, 0.25) is 0 Å². The predicted molar refractivity (Wildman–Crippen MR) is 90.0 cm³/mol. The van der Waals surface area contributed by atoms with Crippen molar-refractivity contribution in [3.8, 4) is 0 Å². The van der Waals surface area contributed by atoms with Gasteiger partial charge >= 0.3 is 5.97 Å². The summed E-state index contributed by atoms with van der Waals surface area (Å²) >= 11 is 8.09. The van der Waals surface area contributed by atoms with Crippen molar-refractivity contribution in [1.82, 2.24) is 15.3 Å². The second kappa shape index (κ2) is 7.38. The van der Waals surface area contributed by atoms with Gasteiger partial charge in [0.15, 0.2) is 0 Å². The minimum absolute atomic E-state index is 0.283. The third kappa shape index (κ3) is 3.76. The molecule has 0 radical (unpaired) electrons. The fourth-order valence-corrected chi connectivity index (χ4v) is 4.03. The molecule has 6 nitrogen and oxygen atoms in total. The first-order valence-electron chi connectivity index (χ1n) is 6.24. The maximum atomic E-state index is 12.4. The first-order chi connectivity index (χ1) is 10.4. The average molecular weight is 451 g/mol. The third-order valence-electron chi connectivity index (χ3n) is 3.01. The Hall–Kier alpha value is -1.19. The topological polar surface area (TPSA) is 84.1 Å². The number of methoxy groups -OCH3 is 1. The maximum absolute atomic E-state index is 12.4. The van der Waals surface area contributed by atoms with Crippen molar-refractivity contribution in [2.45, 2.75) is 19.4 Å². The summed E-state index contributed by atoms with van der Waals surface area (Å²) in [4.78, 5) is 31.6. The Morgan fingerprint density at radius 1 is 1.50 bits per heavy atom. The normalized spacial score (nSPS) is 12.0. The van der Waals surface area contributed by atoms with Crippen LogP contribution < -0.4 is 5.32 Å². The summed E-state index contributed by atoms with van der Waals surface area (Å²) in [5.41, 5.74) is 1.56. The van der Waals surface area contributed by atoms with Crippen LogP contribution in [-0.2, 0) is 16.0 Å². The lowest BCUT2D eigenvalue weighted by molar-refractivity contribution is -0.142. The Bertz CT molecular complexity index is 685. The largest absolute Gasteiger partial charge is 0.467 e. The molecule has 0 bridgehead atoms. The highest BCUT2D eigenvalue weighted by molar-refractivity contribution is 9.13. The summed E-state index contributed by atoms with van der Waals surface area (Å²) in [7, 11) is 1.29. The molecule has 2 N–H and O–H groups in total. The number of imidazole rings is 1. The monoisotopic (exact) mass is 449 g/mol. The summed E-state index contributed by atoms with van der Waals surface area (Å²) in [6.07, 6.45) is 3.40. The second-order valence-electron chi connectivity index (χ2n) is 4.47. The van der Waals surface area contributed by atoms with E-state index in [9.17, 15) is 9.59 Å². The Labute approximate surface area is 147 Å². The molecule has 0 saturated heterocycles. The number of ether oxygens (including phenoxy) is 1. The molecule has 2 aromatic rings. The number of aromatic amines is 1. The van der Waals surface area contributed by atoms with Crippen LogP contribution in [0.3, 0.4) is 0 Å². The van der Waals surface area contributed by atoms with E-state index >= 15 is 0 Å². The fourth-order valence-electron chi connectivity index (χ4n) is 1.85. The quantitative estimate of drug-likeness (QED) is 0.686. The Morgan fingerprint density at radius 3 is 2.73 bits per heavy atom. The van der Waals surface area contributed by atoms with Gasteiger partial charge in [0.05, 0.1) is 22.1 Å². The first kappa shape index (κ1) is 17.2. The molecule has 0 saturated carbocycles. The molecule has 2 aromatic heterocycles. The lowest BCUT2D eigenvalue weighted by Crippen LogP contribution is -2.43. The van der Waals surface area contributed by atoms with Gasteiger partial charge in [-0.3, -0.25) is 4.79 Å². The number of esters is 1. The van der Waals surface area contributed by atoms with Gasteiger partial charge in [-0.25, -0.2) is 9.78 Å². The van der Waals surface area contributed by atoms with Gasteiger partial charge in [-0.15, -0.1) is 11.3 Å². The molecule has 22 heavy (non-hydrogen) atoms. The number of nitrogens with zero attached hydrogens (tertiary/aromatic N) is 1. The molecule has 2 rings (SSSR count). The number of hydrogen-bond acceptors (Lipinski definition) is 5. The van der Waals surface area contributed by atoms with Crippen molar-refractivity contribution in [3.05, 3.63) is 36.9 Å². The Balaban J connectivity index is 2.17. The summed E-state index contributed by atoms with van der Waals surface area (Å²) in [5, 5.41) is 2.71. The molecule has 0 aromatic carbocycles. The summed E-state index contributed by atoms with van der Waals surface area (Å²) in [6.45, 7) is 1.84. The van der Waals surface area contributed by atoms with Gasteiger partial charge in [-0.2, -0.15) is 0 Å². The van der Waals surface area contributed by atoms with Crippen LogP contribution in [0.1, 0.15) is 20.9 Å². The number of carbonyl (C=O) groups excluding carboxylic acids is 2. The van der Waals surface area contributed by atoms with E-state index in [0.717, 1.165) is 19.5 Å². The standard InChI is InChI=1S/C13H13Br2N3O3S/c1-6-9(14)11(15)22-10(6)12(19)18-8(13(20)21-2)3-7-4-16-5-17-7/h4-5,8H,3H2,1-2H3,(H,16,17)(H,18,19). The van der Waals surface area contributed by atoms with Crippen molar-refractivity contribution >= 4 is 55.1 Å². The lowest BCUT2D eigenvalue weighted by atomic mass is 10.1. The number of thiophene rings is 1. The van der Waals surface area contributed by atoms with Gasteiger partial charge in [0, 0.05) is 22.8 Å². The van der Waals surface area contributed by atoms with E-state index in [1.54, 1.807) is 6.20 Å². The van der Waals surface area contributed by atoms with Crippen LogP contribution in [0.2, 0.25) is 0 Å². The van der Waals surface area contributed by atoms with E-state index in [1.165, 1.54) is 24.8 Å². The molecule has 2 heterocycles. The van der Waals surface area contributed by atoms with Crippen molar-refractivity contribution in [2.75, 3.05) is 7.11 Å². The van der Waals surface area contributed by atoms with Crippen LogP contribution >= 0.6 is 43.2 Å². The molecular weight excluding hydrogens is 438 g/mol. The van der Waals surface area contributed by atoms with Gasteiger partial charge in [0.25, 0.3) is 5.91 Å². The van der Waals surface area contributed by atoms with Crippen molar-refractivity contribution in [2.24, 2.45) is 0 Å². The fraction of sp³-hybridized carbons (Fsp3) is 0.308. The van der Waals surface area contributed by atoms with E-state index in [1.807, 2.05) is 6.92 Å². The Morgan fingerprint density at radius 2 is 2.23 bits per heavy atom. The zero-order valence-corrected chi connectivity index (χ0v) is 15.8. The third-order valence-corrected chi connectivity index (χ3v) is 6.76. The maximum Gasteiger partial charge on any atom is 0.328 e. The van der Waals surface area contributed by atoms with Gasteiger partial charge in [0.1, 0.15) is 6.04 Å². The van der Waals surface area contributed by atoms with Crippen LogP contribution in [-0.4, -0.2) is 35.0 Å². The van der Waals surface area contributed by atoms with Gasteiger partial charge in [-0.1, -0.05) is 0 Å². The van der Waals surface area contributed by atoms with Crippen LogP contribution in [0.25, 0.3) is 0 Å². The van der Waals surface area contributed by atoms with Crippen LogP contribution in [0.15, 0.2) is 20.8 Å². The number of rotatable bonds is 5. The number of amides is 1. The van der Waals surface area contributed by atoms with Crippen molar-refractivity contribution in [1.29, 1.82) is 0 Å². The molecule has 0 spiro atoms. The average Bonchev–Trinajstić information content (AvgIpc) is 3.10. The molecule has 0 fully saturated rings. The second-order valence-corrected chi connectivity index (χ2v) is 7.61. The molecule has 118 valence electrons. The van der Waals surface area contributed by atoms with Gasteiger partial charge < -0.3 is 15.0 Å². The molecule has 9 heteroatoms. The smallest absolute Gasteiger partial charge is 0.328 e. The van der Waals surface area contributed by atoms with E-state index in [2.05, 4.69) is 47.1 Å². The molecule has 0 aliphatic rings. The van der Waals surface area contributed by atoms with E-state index in [-0.39, 0.29) is 12.3 Å². The van der Waals surface area contributed by atoms with E-state index in [0.29, 0.717) is 4.88 Å². The lowest BCUT2D eigenvalue weighted by Gasteiger charge is -2.15.